The third kappa shape index (κ3) is 5.03. The van der Waals surface area contributed by atoms with Gasteiger partial charge in [-0.05, 0) is 24.3 Å². The third-order valence-corrected chi connectivity index (χ3v) is 6.31. The number of nitrogens with one attached hydrogen (secondary N) is 3. The Kier molecular flexibility index (Phi) is 6.61. The number of nitrogens with zero attached hydrogens (tertiary/aromatic N) is 3. The molecule has 1 aliphatic heterocycles. The molecule has 0 saturated carbocycles. The highest BCUT2D eigenvalue weighted by molar-refractivity contribution is 6.34. The fraction of sp³-hybridized carbons (Fsp3) is 0.111. The maximum Gasteiger partial charge on any atom is 0.273 e. The Morgan fingerprint density at radius 1 is 1.00 bits per heavy atom. The van der Waals surface area contributed by atoms with Crippen molar-refractivity contribution in [2.45, 2.75) is 12.2 Å². The highest BCUT2D eigenvalue weighted by Crippen LogP contribution is 2.33. The zero-order valence-electron chi connectivity index (χ0n) is 19.7. The molecule has 2 unspecified atom stereocenters. The van der Waals surface area contributed by atoms with Crippen LogP contribution in [0.4, 0.5) is 11.5 Å². The van der Waals surface area contributed by atoms with Crippen LogP contribution in [0, 0.1) is 0 Å². The van der Waals surface area contributed by atoms with Crippen molar-refractivity contribution in [2.24, 2.45) is 12.0 Å². The van der Waals surface area contributed by atoms with Crippen LogP contribution in [0.2, 0.25) is 5.02 Å². The number of aromatic hydroxyl groups is 1. The Morgan fingerprint density at radius 3 is 2.54 bits per heavy atom. The molecule has 186 valence electrons. The number of benzene rings is 3. The maximum atomic E-state index is 13.3. The van der Waals surface area contributed by atoms with Crippen molar-refractivity contribution in [3.05, 3.63) is 106 Å². The summed E-state index contributed by atoms with van der Waals surface area (Å²) in [6.07, 6.45) is 0.914. The van der Waals surface area contributed by atoms with Crippen molar-refractivity contribution < 1.29 is 14.7 Å². The lowest BCUT2D eigenvalue weighted by Crippen LogP contribution is -2.40. The van der Waals surface area contributed by atoms with Crippen LogP contribution in [0.3, 0.4) is 0 Å². The van der Waals surface area contributed by atoms with E-state index in [1.807, 2.05) is 30.3 Å². The fourth-order valence-electron chi connectivity index (χ4n) is 4.09. The van der Waals surface area contributed by atoms with Crippen LogP contribution < -0.4 is 16.0 Å². The number of fused-ring (bicyclic) bond motifs is 1. The molecule has 0 spiro atoms. The molecule has 2 amide bonds. The van der Waals surface area contributed by atoms with Gasteiger partial charge in [0.2, 0.25) is 0 Å². The van der Waals surface area contributed by atoms with Gasteiger partial charge < -0.3 is 21.1 Å². The molecule has 1 aromatic heterocycles. The maximum absolute atomic E-state index is 13.3. The summed E-state index contributed by atoms with van der Waals surface area (Å²) in [6, 6.07) is 22.1. The number of halogens is 1. The topological polar surface area (TPSA) is 121 Å². The van der Waals surface area contributed by atoms with E-state index in [0.29, 0.717) is 22.0 Å². The van der Waals surface area contributed by atoms with E-state index in [0.717, 1.165) is 11.3 Å². The quantitative estimate of drug-likeness (QED) is 0.315. The molecular formula is C27H23ClN6O3. The summed E-state index contributed by atoms with van der Waals surface area (Å²) >= 11 is 6.13. The van der Waals surface area contributed by atoms with E-state index < -0.39 is 24.0 Å². The van der Waals surface area contributed by atoms with Crippen LogP contribution in [-0.2, 0) is 7.05 Å². The van der Waals surface area contributed by atoms with Crippen molar-refractivity contribution in [1.82, 2.24) is 15.1 Å². The molecule has 0 radical (unpaired) electrons. The van der Waals surface area contributed by atoms with Crippen LogP contribution in [0.15, 0.2) is 83.9 Å². The lowest BCUT2D eigenvalue weighted by atomic mass is 10.0. The molecular weight excluding hydrogens is 492 g/mol. The molecule has 10 heteroatoms. The molecule has 1 aliphatic rings. The van der Waals surface area contributed by atoms with Gasteiger partial charge in [-0.3, -0.25) is 19.3 Å². The number of hydrogen-bond acceptors (Lipinski definition) is 6. The molecule has 0 saturated heterocycles. The summed E-state index contributed by atoms with van der Waals surface area (Å²) < 4.78 is 1.40. The second-order valence-electron chi connectivity index (χ2n) is 8.44. The van der Waals surface area contributed by atoms with E-state index in [4.69, 9.17) is 11.6 Å². The number of anilines is 2. The molecule has 0 fully saturated rings. The Morgan fingerprint density at radius 2 is 1.73 bits per heavy atom. The largest absolute Gasteiger partial charge is 0.508 e. The molecule has 3 aromatic carbocycles. The highest BCUT2D eigenvalue weighted by atomic mass is 35.5. The predicted octanol–water partition coefficient (Wildman–Crippen LogP) is 4.37. The first kappa shape index (κ1) is 24.1. The molecule has 4 aromatic rings. The normalized spacial score (nSPS) is 16.3. The van der Waals surface area contributed by atoms with Crippen molar-refractivity contribution in [1.29, 1.82) is 0 Å². The van der Waals surface area contributed by atoms with Crippen LogP contribution >= 0.6 is 11.6 Å². The van der Waals surface area contributed by atoms with E-state index in [-0.39, 0.29) is 11.4 Å². The molecule has 0 aliphatic carbocycles. The second-order valence-corrected chi connectivity index (χ2v) is 8.84. The number of para-hydroxylation sites is 2. The van der Waals surface area contributed by atoms with Crippen LogP contribution in [-0.4, -0.2) is 39.1 Å². The predicted molar refractivity (Wildman–Crippen MR) is 142 cm³/mol. The first-order valence-electron chi connectivity index (χ1n) is 11.5. The summed E-state index contributed by atoms with van der Waals surface area (Å²) in [6.45, 7) is 0. The summed E-state index contributed by atoms with van der Waals surface area (Å²) in [5.74, 6) is -0.516. The summed E-state index contributed by atoms with van der Waals surface area (Å²) in [4.78, 5) is 30.5. The van der Waals surface area contributed by atoms with Gasteiger partial charge in [-0.1, -0.05) is 60.1 Å². The SMILES string of the molecule is Cn1nc(C(=O)NC2N=Cc3ccccc3NC2c2ccccc2O)cc1NC(=O)c1ccccc1Cl. The Balaban J connectivity index is 1.39. The lowest BCUT2D eigenvalue weighted by molar-refractivity contribution is 0.0927. The second kappa shape index (κ2) is 10.2. The number of phenols is 1. The molecule has 4 N–H and O–H groups in total. The number of carbonyl (C=O) groups is 2. The minimum absolute atomic E-state index is 0.0798. The van der Waals surface area contributed by atoms with Crippen LogP contribution in [0.25, 0.3) is 0 Å². The molecule has 9 nitrogen and oxygen atoms in total. The Bertz CT molecular complexity index is 1520. The monoisotopic (exact) mass is 514 g/mol. The van der Waals surface area contributed by atoms with Crippen molar-refractivity contribution in [3.8, 4) is 5.75 Å². The average Bonchev–Trinajstić information content (AvgIpc) is 3.16. The fourth-order valence-corrected chi connectivity index (χ4v) is 4.31. The number of aliphatic imine (C=N–C) groups is 1. The number of aryl methyl sites for hydroxylation is 1. The summed E-state index contributed by atoms with van der Waals surface area (Å²) in [5, 5.41) is 24.1. The minimum Gasteiger partial charge on any atom is -0.508 e. The number of carbonyl (C=O) groups excluding carboxylic acids is 2. The van der Waals surface area contributed by atoms with Crippen LogP contribution in [0.5, 0.6) is 5.75 Å². The first-order valence-corrected chi connectivity index (χ1v) is 11.9. The minimum atomic E-state index is -0.767. The van der Waals surface area contributed by atoms with Gasteiger partial charge in [0, 0.05) is 36.1 Å². The van der Waals surface area contributed by atoms with Crippen LogP contribution in [0.1, 0.15) is 38.0 Å². The molecule has 37 heavy (non-hydrogen) atoms. The average molecular weight is 515 g/mol. The third-order valence-electron chi connectivity index (χ3n) is 5.99. The van der Waals surface area contributed by atoms with Gasteiger partial charge in [0.25, 0.3) is 11.8 Å². The van der Waals surface area contributed by atoms with E-state index in [2.05, 4.69) is 26.0 Å². The standard InChI is InChI=1S/C27H23ClN6O3/c1-34-23(31-26(36)17-9-3-5-11-19(17)28)14-21(33-34)27(37)32-25-24(18-10-4-7-13-22(18)35)30-20-12-6-2-8-16(20)15-29-25/h2-15,24-25,30,35H,1H3,(H,31,36)(H,32,37). The van der Waals surface area contributed by atoms with E-state index in [9.17, 15) is 14.7 Å². The van der Waals surface area contributed by atoms with Gasteiger partial charge in [0.15, 0.2) is 5.69 Å². The van der Waals surface area contributed by atoms with Gasteiger partial charge in [0.1, 0.15) is 17.7 Å². The smallest absolute Gasteiger partial charge is 0.273 e. The van der Waals surface area contributed by atoms with Crippen molar-refractivity contribution in [3.63, 3.8) is 0 Å². The van der Waals surface area contributed by atoms with Crippen molar-refractivity contribution in [2.75, 3.05) is 10.6 Å². The number of rotatable bonds is 5. The summed E-state index contributed by atoms with van der Waals surface area (Å²) in [7, 11) is 1.62. The van der Waals surface area contributed by atoms with Gasteiger partial charge >= 0.3 is 0 Å². The van der Waals surface area contributed by atoms with Gasteiger partial charge in [-0.2, -0.15) is 5.10 Å². The van der Waals surface area contributed by atoms with E-state index in [1.165, 1.54) is 10.7 Å². The van der Waals surface area contributed by atoms with E-state index >= 15 is 0 Å². The highest BCUT2D eigenvalue weighted by Gasteiger charge is 2.30. The molecule has 2 heterocycles. The first-order chi connectivity index (χ1) is 17.9. The molecule has 0 bridgehead atoms. The number of amides is 2. The Labute approximate surface area is 217 Å². The van der Waals surface area contributed by atoms with Gasteiger partial charge in [-0.15, -0.1) is 0 Å². The summed E-state index contributed by atoms with van der Waals surface area (Å²) in [5.41, 5.74) is 2.64. The van der Waals surface area contributed by atoms with Gasteiger partial charge in [-0.25, -0.2) is 0 Å². The van der Waals surface area contributed by atoms with Crippen molar-refractivity contribution >= 4 is 41.1 Å². The van der Waals surface area contributed by atoms with Gasteiger partial charge in [0.05, 0.1) is 16.6 Å². The molecule has 5 rings (SSSR count). The number of hydrogen-bond donors (Lipinski definition) is 4. The number of benzodiazepines with no additional fused rings is 1. The Hall–Kier alpha value is -4.63. The zero-order chi connectivity index (χ0) is 25.9. The zero-order valence-corrected chi connectivity index (χ0v) is 20.5. The van der Waals surface area contributed by atoms with E-state index in [1.54, 1.807) is 55.7 Å². The molecule has 2 atom stereocenters. The number of phenolic OH excluding ortho intramolecular Hbond substituents is 1. The number of aromatic nitrogens is 2. The lowest BCUT2D eigenvalue weighted by Gasteiger charge is -2.26.